The third-order valence-corrected chi connectivity index (χ3v) is 24.0. The van der Waals surface area contributed by atoms with Gasteiger partial charge in [-0.2, -0.15) is 0 Å². The molecular weight excluding hydrogens is 1630 g/mol. The van der Waals surface area contributed by atoms with Gasteiger partial charge in [0.2, 0.25) is 23.6 Å². The molecule has 29 atom stereocenters. The van der Waals surface area contributed by atoms with Crippen molar-refractivity contribution >= 4 is 35.6 Å². The van der Waals surface area contributed by atoms with Gasteiger partial charge in [0.15, 0.2) is 18.9 Å². The second kappa shape index (κ2) is 59.0. The summed E-state index contributed by atoms with van der Waals surface area (Å²) in [7, 11) is 0. The zero-order valence-electron chi connectivity index (χ0n) is 73.4. The van der Waals surface area contributed by atoms with Crippen LogP contribution in [-0.4, -0.2) is 344 Å². The fourth-order valence-electron chi connectivity index (χ4n) is 16.8. The smallest absolute Gasteiger partial charge is 0.364 e. The molecule has 38 nitrogen and oxygen atoms in total. The van der Waals surface area contributed by atoms with Gasteiger partial charge in [0.25, 0.3) is 11.6 Å². The van der Waals surface area contributed by atoms with Crippen molar-refractivity contribution in [2.24, 2.45) is 0 Å². The number of hydrogen-bond donors (Lipinski definition) is 22. The number of aliphatic hydroxyl groups is 16. The van der Waals surface area contributed by atoms with Crippen molar-refractivity contribution in [3.63, 3.8) is 0 Å². The lowest BCUT2D eigenvalue weighted by Gasteiger charge is -2.52. The van der Waals surface area contributed by atoms with E-state index < -0.39 is 265 Å². The molecule has 5 aliphatic heterocycles. The standard InChI is InChI=1S/C86H154N4O34/c1-6-8-10-12-14-16-18-20-21-22-23-24-25-26-27-28-29-31-33-35-37-39-41-43-64(103)90-55(56(99)42-40-38-36-34-32-30-19-17-15-13-11-9-7-2)51-115-81-73(109)72(108)75(62(49-94)117-81)119-82-74(110)79(76(63(50-95)118-82)120-80-67(89-54(5)98)71(107)69(105)60(47-92)116-80)124-86(84(113)114)45-58(101)66(88-53(4)97)78(123-86)70(106)61(48-93)121-85(83(111)112)44-57(100)65(87-52(3)96)77(122-85)68(104)59(102)46-91/h40,42,55-63,65-82,91-95,99-102,104-110H,6-39,41,43-51H2,1-5H3,(H,87,96)(H,88,97)(H,89,98)(H,90,103)(H,111,112)(H,113,114). The highest BCUT2D eigenvalue weighted by molar-refractivity contribution is 5.78. The second-order valence-corrected chi connectivity index (χ2v) is 34.3. The maximum absolute atomic E-state index is 14.2. The van der Waals surface area contributed by atoms with Gasteiger partial charge < -0.3 is 161 Å². The van der Waals surface area contributed by atoms with Crippen LogP contribution in [0.5, 0.6) is 0 Å². The Morgan fingerprint density at radius 2 is 0.839 bits per heavy atom. The number of unbranched alkanes of at least 4 members (excludes halogenated alkanes) is 33. The number of rotatable bonds is 64. The van der Waals surface area contributed by atoms with Gasteiger partial charge in [0.1, 0.15) is 110 Å². The molecule has 0 aromatic heterocycles. The molecule has 5 fully saturated rings. The highest BCUT2D eigenvalue weighted by Gasteiger charge is 2.64. The molecule has 29 unspecified atom stereocenters. The molecule has 0 aliphatic carbocycles. The Balaban J connectivity index is 1.37. The molecule has 5 saturated heterocycles. The van der Waals surface area contributed by atoms with Gasteiger partial charge in [-0.25, -0.2) is 9.59 Å². The number of ether oxygens (including phenoxy) is 10. The number of amides is 4. The fourth-order valence-corrected chi connectivity index (χ4v) is 16.8. The third kappa shape index (κ3) is 35.3. The van der Waals surface area contributed by atoms with Crippen LogP contribution in [0, 0.1) is 0 Å². The van der Waals surface area contributed by atoms with Crippen molar-refractivity contribution in [2.45, 2.75) is 455 Å². The number of allylic oxidation sites excluding steroid dienone is 1. The number of carbonyl (C=O) groups excluding carboxylic acids is 4. The van der Waals surface area contributed by atoms with E-state index in [0.717, 1.165) is 85.0 Å². The number of hydrogen-bond acceptors (Lipinski definition) is 32. The molecule has 22 N–H and O–H groups in total. The molecule has 5 aliphatic rings. The van der Waals surface area contributed by atoms with Gasteiger partial charge in [0.05, 0.1) is 76.1 Å². The van der Waals surface area contributed by atoms with E-state index in [9.17, 15) is 121 Å². The van der Waals surface area contributed by atoms with Crippen LogP contribution in [0.4, 0.5) is 0 Å². The third-order valence-electron chi connectivity index (χ3n) is 24.0. The zero-order valence-corrected chi connectivity index (χ0v) is 73.4. The van der Waals surface area contributed by atoms with Crippen molar-refractivity contribution in [1.29, 1.82) is 0 Å². The van der Waals surface area contributed by atoms with Gasteiger partial charge in [-0.05, 0) is 19.3 Å². The van der Waals surface area contributed by atoms with E-state index in [1.165, 1.54) is 154 Å². The zero-order chi connectivity index (χ0) is 91.5. The summed E-state index contributed by atoms with van der Waals surface area (Å²) in [6.07, 6.45) is -8.31. The van der Waals surface area contributed by atoms with Crippen molar-refractivity contribution < 1.29 is 168 Å². The minimum atomic E-state index is -3.59. The summed E-state index contributed by atoms with van der Waals surface area (Å²) in [6.45, 7) is 0.569. The van der Waals surface area contributed by atoms with Crippen LogP contribution >= 0.6 is 0 Å². The Kier molecular flexibility index (Phi) is 52.4. The molecule has 5 rings (SSSR count). The summed E-state index contributed by atoms with van der Waals surface area (Å²) < 4.78 is 60.0. The molecule has 5 heterocycles. The van der Waals surface area contributed by atoms with Gasteiger partial charge >= 0.3 is 11.9 Å². The van der Waals surface area contributed by atoms with Crippen molar-refractivity contribution in [2.75, 3.05) is 39.6 Å². The first-order valence-electron chi connectivity index (χ1n) is 45.7. The monoisotopic (exact) mass is 1790 g/mol. The number of aliphatic hydroxyl groups excluding tert-OH is 16. The molecule has 124 heavy (non-hydrogen) atoms. The van der Waals surface area contributed by atoms with Gasteiger partial charge in [-0.15, -0.1) is 0 Å². The Hall–Kier alpha value is -4.48. The van der Waals surface area contributed by atoms with E-state index in [4.69, 9.17) is 47.4 Å². The molecule has 0 bridgehead atoms. The quantitative estimate of drug-likeness (QED) is 0.0302. The van der Waals surface area contributed by atoms with Gasteiger partial charge in [0, 0.05) is 40.0 Å². The van der Waals surface area contributed by atoms with Crippen LogP contribution in [0.3, 0.4) is 0 Å². The van der Waals surface area contributed by atoms with E-state index in [1.54, 1.807) is 6.08 Å². The summed E-state index contributed by atoms with van der Waals surface area (Å²) in [6, 6.07) is -6.82. The van der Waals surface area contributed by atoms with Crippen molar-refractivity contribution in [1.82, 2.24) is 21.3 Å². The Morgan fingerprint density at radius 3 is 1.28 bits per heavy atom. The molecule has 4 amide bonds. The lowest BCUT2D eigenvalue weighted by molar-refractivity contribution is -0.402. The summed E-state index contributed by atoms with van der Waals surface area (Å²) in [5.41, 5.74) is 0. The molecule has 0 radical (unpaired) electrons. The number of carbonyl (C=O) groups is 6. The Bertz CT molecular complexity index is 3010. The lowest BCUT2D eigenvalue weighted by Crippen LogP contribution is -2.72. The largest absolute Gasteiger partial charge is 0.477 e. The minimum absolute atomic E-state index is 0.114. The topological polar surface area (TPSA) is 607 Å². The summed E-state index contributed by atoms with van der Waals surface area (Å²) in [4.78, 5) is 79.3. The summed E-state index contributed by atoms with van der Waals surface area (Å²) in [5, 5.41) is 213. The first kappa shape index (κ1) is 110. The molecule has 0 spiro atoms. The van der Waals surface area contributed by atoms with Crippen molar-refractivity contribution in [3.05, 3.63) is 12.2 Å². The Labute approximate surface area is 729 Å². The maximum atomic E-state index is 14.2. The first-order chi connectivity index (χ1) is 59.3. The maximum Gasteiger partial charge on any atom is 0.364 e. The van der Waals surface area contributed by atoms with Crippen molar-refractivity contribution in [3.8, 4) is 0 Å². The molecule has 0 aromatic rings. The van der Waals surface area contributed by atoms with Crippen LogP contribution in [0.1, 0.15) is 279 Å². The van der Waals surface area contributed by atoms with E-state index in [1.807, 2.05) is 0 Å². The predicted octanol–water partition coefficient (Wildman–Crippen LogP) is 1.43. The second-order valence-electron chi connectivity index (χ2n) is 34.3. The van der Waals surface area contributed by atoms with Gasteiger partial charge in [-0.3, -0.25) is 19.2 Å². The van der Waals surface area contributed by atoms with Crippen LogP contribution in [0.15, 0.2) is 12.2 Å². The Morgan fingerprint density at radius 1 is 0.435 bits per heavy atom. The van der Waals surface area contributed by atoms with E-state index in [2.05, 4.69) is 35.1 Å². The molecular formula is C86H154N4O34. The SMILES string of the molecule is CCCCCCCCCCCCCC=CC(O)C(COC1OC(CO)C(OC2OC(CO)C(OC3OC(CO)C(O)C(O)C3NC(C)=O)C(OC3(C(=O)O)CC(O)C(NC(C)=O)C(C(O)C(CO)OC4(C(=O)O)CC(O)C(NC(C)=O)C(C(O)C(O)CO)O4)O3)C2O)C(O)C1O)NC(=O)CCCCCCCCCCCCCCCCCCCCCCCCC. The lowest BCUT2D eigenvalue weighted by atomic mass is 9.87. The number of carboxylic acid groups (broad SMARTS) is 2. The normalized spacial score (nSPS) is 31.9. The summed E-state index contributed by atoms with van der Waals surface area (Å²) in [5.74, 6) is -14.6. The van der Waals surface area contributed by atoms with Crippen LogP contribution in [0.2, 0.25) is 0 Å². The average Bonchev–Trinajstić information content (AvgIpc) is 0.867. The molecule has 0 saturated carbocycles. The number of carboxylic acids is 2. The van der Waals surface area contributed by atoms with Gasteiger partial charge in [-0.1, -0.05) is 231 Å². The number of aliphatic carboxylic acids is 2. The first-order valence-corrected chi connectivity index (χ1v) is 45.7. The predicted molar refractivity (Wildman–Crippen MR) is 444 cm³/mol. The van der Waals surface area contributed by atoms with Crippen LogP contribution in [0.25, 0.3) is 0 Å². The molecule has 38 heteroatoms. The number of nitrogens with one attached hydrogen (secondary N) is 4. The average molecular weight is 1790 g/mol. The van der Waals surface area contributed by atoms with Crippen LogP contribution in [-0.2, 0) is 76.1 Å². The van der Waals surface area contributed by atoms with Crippen LogP contribution < -0.4 is 21.3 Å². The fraction of sp³-hybridized carbons (Fsp3) is 0.907. The van der Waals surface area contributed by atoms with E-state index in [0.29, 0.717) is 12.8 Å². The van der Waals surface area contributed by atoms with E-state index >= 15 is 0 Å². The molecule has 722 valence electrons. The highest BCUT2D eigenvalue weighted by atomic mass is 16.8. The highest BCUT2D eigenvalue weighted by Crippen LogP contribution is 2.43. The molecule has 0 aromatic carbocycles. The van der Waals surface area contributed by atoms with E-state index in [-0.39, 0.29) is 6.42 Å². The minimum Gasteiger partial charge on any atom is -0.477 e. The summed E-state index contributed by atoms with van der Waals surface area (Å²) >= 11 is 0.